The van der Waals surface area contributed by atoms with Crippen LogP contribution in [0.3, 0.4) is 0 Å². The van der Waals surface area contributed by atoms with Crippen LogP contribution >= 0.6 is 0 Å². The quantitative estimate of drug-likeness (QED) is 0.719. The molecular weight excluding hydrogens is 328 g/mol. The van der Waals surface area contributed by atoms with E-state index in [0.29, 0.717) is 18.8 Å². The van der Waals surface area contributed by atoms with Gasteiger partial charge in [0.2, 0.25) is 0 Å². The van der Waals surface area contributed by atoms with Crippen molar-refractivity contribution in [2.24, 2.45) is 0 Å². The smallest absolute Gasteiger partial charge is 0.262 e. The molecule has 0 saturated carbocycles. The Bertz CT molecular complexity index is 956. The number of benzene rings is 1. The molecule has 8 heteroatoms. The van der Waals surface area contributed by atoms with Gasteiger partial charge in [0, 0.05) is 19.3 Å². The van der Waals surface area contributed by atoms with E-state index in [1.54, 1.807) is 18.3 Å². The predicted molar refractivity (Wildman–Crippen MR) is 86.9 cm³/mol. The monoisotopic (exact) mass is 344 g/mol. The number of sulfonamides is 1. The second-order valence-electron chi connectivity index (χ2n) is 5.52. The number of fused-ring (bicyclic) bond motifs is 1. The highest BCUT2D eigenvalue weighted by atomic mass is 32.2. The van der Waals surface area contributed by atoms with Gasteiger partial charge in [-0.3, -0.25) is 0 Å². The molecule has 7 nitrogen and oxygen atoms in total. The van der Waals surface area contributed by atoms with E-state index in [2.05, 4.69) is 10.1 Å². The van der Waals surface area contributed by atoms with Gasteiger partial charge in [-0.25, -0.2) is 17.9 Å². The van der Waals surface area contributed by atoms with Crippen LogP contribution in [0.5, 0.6) is 0 Å². The van der Waals surface area contributed by atoms with Crippen LogP contribution in [-0.4, -0.2) is 47.0 Å². The first-order valence-corrected chi connectivity index (χ1v) is 9.06. The minimum absolute atomic E-state index is 0.0758. The number of hydrogen-bond acceptors (Lipinski definition) is 5. The van der Waals surface area contributed by atoms with Crippen molar-refractivity contribution >= 4 is 15.7 Å². The highest BCUT2D eigenvalue weighted by Crippen LogP contribution is 2.26. The van der Waals surface area contributed by atoms with Crippen LogP contribution in [0.25, 0.3) is 5.65 Å². The Balaban J connectivity index is 1.67. The number of aromatic nitrogens is 3. The number of rotatable bonds is 3. The van der Waals surface area contributed by atoms with Crippen LogP contribution in [-0.2, 0) is 14.8 Å². The van der Waals surface area contributed by atoms with E-state index < -0.39 is 10.0 Å². The van der Waals surface area contributed by atoms with Crippen LogP contribution in [0.2, 0.25) is 0 Å². The summed E-state index contributed by atoms with van der Waals surface area (Å²) >= 11 is 0. The molecule has 124 valence electrons. The lowest BCUT2D eigenvalue weighted by atomic mass is 10.1. The zero-order valence-corrected chi connectivity index (χ0v) is 13.6. The normalized spacial score (nSPS) is 19.6. The molecule has 1 aromatic carbocycles. The molecular formula is C16H16N4O3S. The lowest BCUT2D eigenvalue weighted by molar-refractivity contribution is -0.00265. The third-order valence-corrected chi connectivity index (χ3v) is 5.87. The summed E-state index contributed by atoms with van der Waals surface area (Å²) in [7, 11) is -3.69. The van der Waals surface area contributed by atoms with Gasteiger partial charge in [0.1, 0.15) is 0 Å². The van der Waals surface area contributed by atoms with Crippen LogP contribution in [0.1, 0.15) is 11.7 Å². The fourth-order valence-corrected chi connectivity index (χ4v) is 4.29. The van der Waals surface area contributed by atoms with Gasteiger partial charge in [0.05, 0.1) is 18.9 Å². The molecule has 0 spiro atoms. The topological polar surface area (TPSA) is 76.8 Å². The standard InChI is InChI=1S/C16H16N4O3S/c21-24(22,16-11-17-15-7-4-8-18-20(15)16)19-9-10-23-14(12-19)13-5-2-1-3-6-13/h1-8,11,14H,9-10,12H2. The van der Waals surface area contributed by atoms with Gasteiger partial charge < -0.3 is 4.74 Å². The Hall–Kier alpha value is -2.29. The SMILES string of the molecule is O=S(=O)(c1cnc2cccnn12)N1CCOC(c2ccccc2)C1. The first kappa shape index (κ1) is 15.3. The number of morpholine rings is 1. The second-order valence-corrected chi connectivity index (χ2v) is 7.41. The molecule has 1 atom stereocenters. The van der Waals surface area contributed by atoms with Crippen molar-refractivity contribution in [1.82, 2.24) is 18.9 Å². The summed E-state index contributed by atoms with van der Waals surface area (Å²) in [6.45, 7) is 0.932. The summed E-state index contributed by atoms with van der Waals surface area (Å²) in [5, 5.41) is 4.17. The van der Waals surface area contributed by atoms with Gasteiger partial charge in [-0.15, -0.1) is 0 Å². The Morgan fingerprint density at radius 2 is 1.96 bits per heavy atom. The molecule has 0 N–H and O–H groups in total. The van der Waals surface area contributed by atoms with Crippen molar-refractivity contribution in [3.05, 3.63) is 60.4 Å². The molecule has 3 heterocycles. The summed E-state index contributed by atoms with van der Waals surface area (Å²) < 4.78 is 34.6. The van der Waals surface area contributed by atoms with E-state index >= 15 is 0 Å². The number of hydrogen-bond donors (Lipinski definition) is 0. The Morgan fingerprint density at radius 1 is 1.12 bits per heavy atom. The summed E-state index contributed by atoms with van der Waals surface area (Å²) in [5.41, 5.74) is 1.47. The fraction of sp³-hybridized carbons (Fsp3) is 0.250. The molecule has 3 aromatic rings. The molecule has 0 amide bonds. The van der Waals surface area contributed by atoms with Crippen molar-refractivity contribution in [3.8, 4) is 0 Å². The summed E-state index contributed by atoms with van der Waals surface area (Å²) in [4.78, 5) is 4.12. The third kappa shape index (κ3) is 2.58. The van der Waals surface area contributed by atoms with E-state index in [9.17, 15) is 8.42 Å². The Kier molecular flexibility index (Phi) is 3.79. The van der Waals surface area contributed by atoms with Gasteiger partial charge in [-0.2, -0.15) is 9.40 Å². The fourth-order valence-electron chi connectivity index (χ4n) is 2.83. The largest absolute Gasteiger partial charge is 0.371 e. The second kappa shape index (κ2) is 5.97. The third-order valence-electron chi connectivity index (χ3n) is 4.05. The molecule has 1 fully saturated rings. The van der Waals surface area contributed by atoms with E-state index in [0.717, 1.165) is 5.56 Å². The first-order valence-electron chi connectivity index (χ1n) is 7.62. The number of ether oxygens (including phenoxy) is 1. The Morgan fingerprint density at radius 3 is 2.79 bits per heavy atom. The average Bonchev–Trinajstić information content (AvgIpc) is 3.07. The first-order chi connectivity index (χ1) is 11.7. The van der Waals surface area contributed by atoms with Gasteiger partial charge >= 0.3 is 0 Å². The van der Waals surface area contributed by atoms with Crippen molar-refractivity contribution < 1.29 is 13.2 Å². The van der Waals surface area contributed by atoms with Gasteiger partial charge in [-0.1, -0.05) is 30.3 Å². The summed E-state index contributed by atoms with van der Waals surface area (Å²) in [5.74, 6) is 0. The molecule has 0 aliphatic carbocycles. The van der Waals surface area contributed by atoms with Crippen molar-refractivity contribution in [2.75, 3.05) is 19.7 Å². The van der Waals surface area contributed by atoms with Gasteiger partial charge in [-0.05, 0) is 17.7 Å². The van der Waals surface area contributed by atoms with E-state index in [-0.39, 0.29) is 17.7 Å². The highest BCUT2D eigenvalue weighted by molar-refractivity contribution is 7.89. The minimum atomic E-state index is -3.69. The zero-order valence-electron chi connectivity index (χ0n) is 12.8. The van der Waals surface area contributed by atoms with E-state index in [4.69, 9.17) is 4.74 Å². The van der Waals surface area contributed by atoms with Gasteiger partial charge in [0.25, 0.3) is 10.0 Å². The summed E-state index contributed by atoms with van der Waals surface area (Å²) in [6, 6.07) is 13.1. The maximum atomic E-state index is 13.0. The zero-order chi connectivity index (χ0) is 16.6. The van der Waals surface area contributed by atoms with Crippen LogP contribution in [0, 0.1) is 0 Å². The molecule has 0 bridgehead atoms. The lowest BCUT2D eigenvalue weighted by Gasteiger charge is -2.32. The van der Waals surface area contributed by atoms with Gasteiger partial charge in [0.15, 0.2) is 10.7 Å². The molecule has 2 aromatic heterocycles. The van der Waals surface area contributed by atoms with Crippen LogP contribution in [0.4, 0.5) is 0 Å². The van der Waals surface area contributed by atoms with E-state index in [1.165, 1.54) is 15.0 Å². The maximum Gasteiger partial charge on any atom is 0.262 e. The molecule has 1 saturated heterocycles. The minimum Gasteiger partial charge on any atom is -0.371 e. The molecule has 1 aliphatic heterocycles. The summed E-state index contributed by atoms with van der Waals surface area (Å²) in [6.07, 6.45) is 2.62. The number of nitrogens with zero attached hydrogens (tertiary/aromatic N) is 4. The Labute approximate surface area is 139 Å². The van der Waals surface area contributed by atoms with Crippen molar-refractivity contribution in [1.29, 1.82) is 0 Å². The lowest BCUT2D eigenvalue weighted by Crippen LogP contribution is -2.42. The maximum absolute atomic E-state index is 13.0. The number of imidazole rings is 1. The highest BCUT2D eigenvalue weighted by Gasteiger charge is 2.33. The van der Waals surface area contributed by atoms with E-state index in [1.807, 2.05) is 30.3 Å². The molecule has 24 heavy (non-hydrogen) atoms. The predicted octanol–water partition coefficient (Wildman–Crippen LogP) is 1.49. The van der Waals surface area contributed by atoms with Crippen LogP contribution < -0.4 is 0 Å². The molecule has 0 radical (unpaired) electrons. The molecule has 1 unspecified atom stereocenters. The van der Waals surface area contributed by atoms with Crippen molar-refractivity contribution in [2.45, 2.75) is 11.1 Å². The average molecular weight is 344 g/mol. The molecule has 1 aliphatic rings. The van der Waals surface area contributed by atoms with Crippen LogP contribution in [0.15, 0.2) is 59.9 Å². The van der Waals surface area contributed by atoms with Crippen molar-refractivity contribution in [3.63, 3.8) is 0 Å². The molecule has 4 rings (SSSR count).